The van der Waals surface area contributed by atoms with Crippen molar-refractivity contribution in [3.8, 4) is 0 Å². The number of nitrogens with zero attached hydrogens (tertiary/aromatic N) is 3. The summed E-state index contributed by atoms with van der Waals surface area (Å²) in [5.41, 5.74) is 6.64. The van der Waals surface area contributed by atoms with Gasteiger partial charge in [-0.15, -0.1) is 0 Å². The molecule has 1 heterocycles. The van der Waals surface area contributed by atoms with E-state index in [0.717, 1.165) is 11.1 Å². The first-order valence-electron chi connectivity index (χ1n) is 11.3. The normalized spacial score (nSPS) is 11.2. The van der Waals surface area contributed by atoms with E-state index in [4.69, 9.17) is 10.8 Å². The lowest BCUT2D eigenvalue weighted by Crippen LogP contribution is -2.31. The molecule has 0 bridgehead atoms. The molecule has 0 aliphatic rings. The van der Waals surface area contributed by atoms with Crippen LogP contribution < -0.4 is 11.1 Å². The molecule has 3 rings (SSSR count). The number of alkyl halides is 3. The Morgan fingerprint density at radius 3 is 2.30 bits per heavy atom. The SMILES string of the molecule is NC(=O)Cc1ccccc1CCc1nc(Nc2ccc(CN(CCO)C(=O)O)cc2)ncc1C(F)(F)F. The van der Waals surface area contributed by atoms with Crippen LogP contribution in [0.5, 0.6) is 0 Å². The maximum Gasteiger partial charge on any atom is 0.419 e. The van der Waals surface area contributed by atoms with E-state index in [9.17, 15) is 27.9 Å². The van der Waals surface area contributed by atoms with Crippen LogP contribution in [0, 0.1) is 0 Å². The van der Waals surface area contributed by atoms with E-state index >= 15 is 0 Å². The summed E-state index contributed by atoms with van der Waals surface area (Å²) in [6.45, 7) is -0.283. The molecule has 0 atom stereocenters. The molecule has 2 amide bonds. The van der Waals surface area contributed by atoms with Gasteiger partial charge in [0, 0.05) is 25.0 Å². The van der Waals surface area contributed by atoms with Gasteiger partial charge in [0.2, 0.25) is 11.9 Å². The van der Waals surface area contributed by atoms with E-state index in [1.54, 1.807) is 48.5 Å². The standard InChI is InChI=1S/C25H26F3N5O4/c26-25(27,28)20-14-30-23(31-19-8-5-16(6-9-19)15-33(11-12-34)24(36)37)32-21(20)10-7-17-3-1-2-4-18(17)13-22(29)35/h1-6,8-9,14,34H,7,10-13,15H2,(H2,29,35)(H,36,37)(H,30,31,32). The molecule has 0 saturated carbocycles. The first kappa shape index (κ1) is 27.4. The molecule has 0 saturated heterocycles. The number of nitrogens with one attached hydrogen (secondary N) is 1. The topological polar surface area (TPSA) is 142 Å². The molecule has 1 aromatic heterocycles. The Morgan fingerprint density at radius 1 is 1.03 bits per heavy atom. The van der Waals surface area contributed by atoms with Gasteiger partial charge in [-0.2, -0.15) is 13.2 Å². The number of anilines is 2. The zero-order chi connectivity index (χ0) is 27.0. The number of aliphatic hydroxyl groups excluding tert-OH is 1. The molecule has 0 aliphatic carbocycles. The molecule has 2 aromatic carbocycles. The number of benzene rings is 2. The fraction of sp³-hybridized carbons (Fsp3) is 0.280. The van der Waals surface area contributed by atoms with Crippen LogP contribution in [-0.4, -0.2) is 50.2 Å². The molecule has 12 heteroatoms. The number of primary amides is 1. The summed E-state index contributed by atoms with van der Waals surface area (Å²) in [7, 11) is 0. The van der Waals surface area contributed by atoms with Gasteiger partial charge in [0.1, 0.15) is 0 Å². The monoisotopic (exact) mass is 517 g/mol. The number of carbonyl (C=O) groups excluding carboxylic acids is 1. The van der Waals surface area contributed by atoms with E-state index in [1.807, 2.05) is 0 Å². The number of hydrogen-bond acceptors (Lipinski definition) is 6. The van der Waals surface area contributed by atoms with Crippen LogP contribution >= 0.6 is 0 Å². The third-order valence-corrected chi connectivity index (χ3v) is 5.51. The molecule has 196 valence electrons. The molecule has 0 spiro atoms. The molecular weight excluding hydrogens is 491 g/mol. The van der Waals surface area contributed by atoms with Crippen LogP contribution in [0.15, 0.2) is 54.7 Å². The van der Waals surface area contributed by atoms with Crippen molar-refractivity contribution in [2.75, 3.05) is 18.5 Å². The van der Waals surface area contributed by atoms with Gasteiger partial charge in [-0.3, -0.25) is 4.79 Å². The van der Waals surface area contributed by atoms with Gasteiger partial charge in [0.05, 0.1) is 24.3 Å². The average Bonchev–Trinajstić information content (AvgIpc) is 2.83. The Bertz CT molecular complexity index is 1240. The Hall–Kier alpha value is -4.19. The van der Waals surface area contributed by atoms with Gasteiger partial charge in [-0.1, -0.05) is 36.4 Å². The van der Waals surface area contributed by atoms with E-state index in [1.165, 1.54) is 0 Å². The lowest BCUT2D eigenvalue weighted by atomic mass is 9.98. The van der Waals surface area contributed by atoms with Crippen molar-refractivity contribution in [3.63, 3.8) is 0 Å². The van der Waals surface area contributed by atoms with Gasteiger partial charge in [-0.05, 0) is 41.7 Å². The van der Waals surface area contributed by atoms with E-state index in [-0.39, 0.29) is 50.6 Å². The fourth-order valence-corrected chi connectivity index (χ4v) is 3.73. The highest BCUT2D eigenvalue weighted by atomic mass is 19.4. The van der Waals surface area contributed by atoms with Crippen LogP contribution in [0.1, 0.15) is 27.9 Å². The minimum absolute atomic E-state index is 0.0148. The molecule has 0 aliphatic heterocycles. The molecule has 37 heavy (non-hydrogen) atoms. The number of nitrogens with two attached hydrogens (primary N) is 1. The van der Waals surface area contributed by atoms with Crippen molar-refractivity contribution >= 4 is 23.6 Å². The highest BCUT2D eigenvalue weighted by Crippen LogP contribution is 2.32. The first-order chi connectivity index (χ1) is 17.6. The summed E-state index contributed by atoms with van der Waals surface area (Å²) >= 11 is 0. The number of rotatable bonds is 11. The molecule has 0 radical (unpaired) electrons. The minimum Gasteiger partial charge on any atom is -0.465 e. The average molecular weight is 518 g/mol. The van der Waals surface area contributed by atoms with E-state index in [0.29, 0.717) is 22.4 Å². The van der Waals surface area contributed by atoms with E-state index in [2.05, 4.69) is 15.3 Å². The fourth-order valence-electron chi connectivity index (χ4n) is 3.73. The summed E-state index contributed by atoms with van der Waals surface area (Å²) in [5, 5.41) is 21.0. The Kier molecular flexibility index (Phi) is 9.01. The van der Waals surface area contributed by atoms with Gasteiger partial charge >= 0.3 is 12.3 Å². The number of aryl methyl sites for hydroxylation is 2. The number of carboxylic acid groups (broad SMARTS) is 1. The molecule has 3 aromatic rings. The number of aliphatic hydroxyl groups is 1. The van der Waals surface area contributed by atoms with Crippen molar-refractivity contribution in [1.29, 1.82) is 0 Å². The lowest BCUT2D eigenvalue weighted by molar-refractivity contribution is -0.138. The van der Waals surface area contributed by atoms with Crippen LogP contribution in [0.4, 0.5) is 29.6 Å². The maximum absolute atomic E-state index is 13.6. The number of aromatic nitrogens is 2. The molecular formula is C25H26F3N5O4. The maximum atomic E-state index is 13.6. The van der Waals surface area contributed by atoms with Crippen molar-refractivity contribution < 1.29 is 33.0 Å². The van der Waals surface area contributed by atoms with Gasteiger partial charge in [0.15, 0.2) is 0 Å². The number of carbonyl (C=O) groups is 2. The second-order valence-electron chi connectivity index (χ2n) is 8.21. The first-order valence-corrected chi connectivity index (χ1v) is 11.3. The predicted molar refractivity (Wildman–Crippen MR) is 129 cm³/mol. The highest BCUT2D eigenvalue weighted by Gasteiger charge is 2.34. The smallest absolute Gasteiger partial charge is 0.419 e. The largest absolute Gasteiger partial charge is 0.465 e. The quantitative estimate of drug-likeness (QED) is 0.305. The lowest BCUT2D eigenvalue weighted by Gasteiger charge is -2.18. The van der Waals surface area contributed by atoms with Gasteiger partial charge in [0.25, 0.3) is 0 Å². The number of halogens is 3. The second kappa shape index (κ2) is 12.2. The van der Waals surface area contributed by atoms with Crippen LogP contribution in [-0.2, 0) is 36.8 Å². The molecule has 0 fully saturated rings. The Balaban J connectivity index is 1.78. The predicted octanol–water partition coefficient (Wildman–Crippen LogP) is 3.52. The summed E-state index contributed by atoms with van der Waals surface area (Å²) in [6, 6.07) is 13.4. The van der Waals surface area contributed by atoms with Crippen molar-refractivity contribution in [1.82, 2.24) is 14.9 Å². The van der Waals surface area contributed by atoms with Crippen molar-refractivity contribution in [2.24, 2.45) is 5.73 Å². The Labute approximate surface area is 210 Å². The van der Waals surface area contributed by atoms with Crippen LogP contribution in [0.25, 0.3) is 0 Å². The van der Waals surface area contributed by atoms with E-state index < -0.39 is 23.7 Å². The summed E-state index contributed by atoms with van der Waals surface area (Å²) < 4.78 is 40.9. The van der Waals surface area contributed by atoms with Crippen LogP contribution in [0.2, 0.25) is 0 Å². The highest BCUT2D eigenvalue weighted by molar-refractivity contribution is 5.77. The molecule has 9 nitrogen and oxygen atoms in total. The number of amides is 2. The number of hydrogen-bond donors (Lipinski definition) is 4. The third kappa shape index (κ3) is 7.90. The van der Waals surface area contributed by atoms with Crippen molar-refractivity contribution in [3.05, 3.63) is 82.7 Å². The zero-order valence-corrected chi connectivity index (χ0v) is 19.7. The summed E-state index contributed by atoms with van der Waals surface area (Å²) in [4.78, 5) is 31.5. The third-order valence-electron chi connectivity index (χ3n) is 5.51. The molecule has 0 unspecified atom stereocenters. The van der Waals surface area contributed by atoms with Gasteiger partial charge in [-0.25, -0.2) is 14.8 Å². The second-order valence-corrected chi connectivity index (χ2v) is 8.21. The zero-order valence-electron chi connectivity index (χ0n) is 19.7. The van der Waals surface area contributed by atoms with Gasteiger partial charge < -0.3 is 26.2 Å². The minimum atomic E-state index is -4.65. The van der Waals surface area contributed by atoms with Crippen molar-refractivity contribution in [2.45, 2.75) is 32.0 Å². The Morgan fingerprint density at radius 2 is 1.70 bits per heavy atom. The molecule has 5 N–H and O–H groups in total. The summed E-state index contributed by atoms with van der Waals surface area (Å²) in [5.74, 6) is -0.569. The summed E-state index contributed by atoms with van der Waals surface area (Å²) in [6.07, 6.45) is -4.93. The van der Waals surface area contributed by atoms with Crippen LogP contribution in [0.3, 0.4) is 0 Å².